The molecule has 0 unspecified atom stereocenters. The molecule has 0 heterocycles. The van der Waals surface area contributed by atoms with Crippen LogP contribution in [0.15, 0.2) is 119 Å². The second kappa shape index (κ2) is 40.3. The maximum atomic E-state index is 12.5. The van der Waals surface area contributed by atoms with Gasteiger partial charge in [-0.2, -0.15) is 0 Å². The van der Waals surface area contributed by atoms with E-state index >= 15 is 0 Å². The van der Waals surface area contributed by atoms with Crippen molar-refractivity contribution >= 4 is 22.7 Å². The third-order valence-corrected chi connectivity index (χ3v) is 15.3. The molecule has 4 aromatic carbocycles. The lowest BCUT2D eigenvalue weighted by molar-refractivity contribution is -0.903. The maximum absolute atomic E-state index is 12.5. The Kier molecular flexibility index (Phi) is 35.8. The molecular formula is C64H102N2O5S+2. The molecule has 7 nitrogen and oxygen atoms in total. The lowest BCUT2D eigenvalue weighted by atomic mass is 10.0. The molecule has 0 radical (unpaired) electrons. The molecule has 2 N–H and O–H groups in total. The highest BCUT2D eigenvalue weighted by atomic mass is 32.2. The highest BCUT2D eigenvalue weighted by molar-refractivity contribution is 7.85. The van der Waals surface area contributed by atoms with Crippen molar-refractivity contribution in [1.82, 2.24) is 0 Å². The molecule has 0 saturated carbocycles. The van der Waals surface area contributed by atoms with Crippen LogP contribution in [0, 0.1) is 0 Å². The number of carboxylic acid groups (broad SMARTS) is 2. The van der Waals surface area contributed by atoms with Gasteiger partial charge in [0.15, 0.2) is 0 Å². The van der Waals surface area contributed by atoms with Crippen LogP contribution in [0.25, 0.3) is 0 Å². The van der Waals surface area contributed by atoms with E-state index < -0.39 is 22.7 Å². The SMILES string of the molecule is CCCCCCCCCCCCCCCC[N+](C)(C)Cc1ccccc1.CCCCCCCCCCCCCCCC[N+](C)(C)Cc1ccccc1.O=C(O)c1ccccc1S(=O)c1ccccc1C(=O)O. The van der Waals surface area contributed by atoms with E-state index in [2.05, 4.69) is 103 Å². The second-order valence-corrected chi connectivity index (χ2v) is 23.1. The Labute approximate surface area is 442 Å². The Balaban J connectivity index is 0.000000373. The van der Waals surface area contributed by atoms with Gasteiger partial charge in [-0.25, -0.2) is 13.8 Å². The van der Waals surface area contributed by atoms with Gasteiger partial charge in [0.2, 0.25) is 0 Å². The Hall–Kier alpha value is -4.11. The summed E-state index contributed by atoms with van der Waals surface area (Å²) < 4.78 is 14.7. The largest absolute Gasteiger partial charge is 0.478 e. The lowest BCUT2D eigenvalue weighted by Gasteiger charge is -2.30. The van der Waals surface area contributed by atoms with Crippen molar-refractivity contribution < 1.29 is 33.0 Å². The van der Waals surface area contributed by atoms with Crippen molar-refractivity contribution in [2.75, 3.05) is 41.3 Å². The number of hydrogen-bond donors (Lipinski definition) is 2. The number of nitrogens with zero attached hydrogens (tertiary/aromatic N) is 2. The number of carboxylic acids is 2. The van der Waals surface area contributed by atoms with Gasteiger partial charge >= 0.3 is 11.9 Å². The molecule has 0 saturated heterocycles. The molecule has 0 amide bonds. The molecule has 0 aliphatic carbocycles. The van der Waals surface area contributed by atoms with Crippen LogP contribution in [0.2, 0.25) is 0 Å². The quantitative estimate of drug-likeness (QED) is 0.0345. The van der Waals surface area contributed by atoms with Crippen molar-refractivity contribution in [2.45, 2.75) is 217 Å². The van der Waals surface area contributed by atoms with E-state index in [9.17, 15) is 13.8 Å². The fourth-order valence-corrected chi connectivity index (χ4v) is 10.9. The summed E-state index contributed by atoms with van der Waals surface area (Å²) in [5.41, 5.74) is 2.71. The first-order chi connectivity index (χ1) is 34.8. The van der Waals surface area contributed by atoms with E-state index in [4.69, 9.17) is 10.2 Å². The first-order valence-corrected chi connectivity index (χ1v) is 29.7. The Morgan fingerprint density at radius 3 is 0.861 bits per heavy atom. The highest BCUT2D eigenvalue weighted by Gasteiger charge is 2.21. The molecule has 402 valence electrons. The summed E-state index contributed by atoms with van der Waals surface area (Å²) in [7, 11) is 7.61. The molecule has 0 aromatic heterocycles. The van der Waals surface area contributed by atoms with Gasteiger partial charge in [0, 0.05) is 11.1 Å². The molecular weight excluding hydrogens is 909 g/mol. The molecule has 4 rings (SSSR count). The fraction of sp³-hybridized carbons (Fsp3) is 0.594. The van der Waals surface area contributed by atoms with Gasteiger partial charge in [0.1, 0.15) is 13.1 Å². The van der Waals surface area contributed by atoms with Crippen LogP contribution in [0.3, 0.4) is 0 Å². The number of hydrogen-bond acceptors (Lipinski definition) is 3. The lowest BCUT2D eigenvalue weighted by Crippen LogP contribution is -2.39. The third kappa shape index (κ3) is 31.5. The number of benzene rings is 4. The van der Waals surface area contributed by atoms with Crippen LogP contribution in [0.4, 0.5) is 0 Å². The fourth-order valence-electron chi connectivity index (χ4n) is 9.51. The topological polar surface area (TPSA) is 91.7 Å². The molecule has 0 aliphatic rings. The van der Waals surface area contributed by atoms with Gasteiger partial charge in [0.05, 0.1) is 73.0 Å². The minimum absolute atomic E-state index is 0.0775. The molecule has 72 heavy (non-hydrogen) atoms. The van der Waals surface area contributed by atoms with E-state index in [0.717, 1.165) is 22.1 Å². The van der Waals surface area contributed by atoms with Gasteiger partial charge in [0.25, 0.3) is 0 Å². The van der Waals surface area contributed by atoms with E-state index in [0.29, 0.717) is 0 Å². The van der Waals surface area contributed by atoms with E-state index in [1.165, 1.54) is 240 Å². The average molecular weight is 1010 g/mol. The van der Waals surface area contributed by atoms with Crippen molar-refractivity contribution in [3.63, 3.8) is 0 Å². The number of rotatable bonds is 38. The first-order valence-electron chi connectivity index (χ1n) is 28.6. The zero-order chi connectivity index (χ0) is 52.6. The van der Waals surface area contributed by atoms with Crippen molar-refractivity contribution in [2.24, 2.45) is 0 Å². The summed E-state index contributed by atoms with van der Waals surface area (Å²) in [6, 6.07) is 33.5. The first kappa shape index (κ1) is 64.0. The molecule has 0 atom stereocenters. The maximum Gasteiger partial charge on any atom is 0.336 e. The van der Waals surface area contributed by atoms with Crippen LogP contribution in [0.1, 0.15) is 225 Å². The van der Waals surface area contributed by atoms with Gasteiger partial charge < -0.3 is 19.2 Å². The van der Waals surface area contributed by atoms with E-state index in [1.54, 1.807) is 12.1 Å². The second-order valence-electron chi connectivity index (χ2n) is 21.7. The molecule has 0 bridgehead atoms. The average Bonchev–Trinajstić information content (AvgIpc) is 3.37. The van der Waals surface area contributed by atoms with Gasteiger partial charge in [-0.1, -0.05) is 253 Å². The third-order valence-electron chi connectivity index (χ3n) is 13.8. The molecule has 0 aliphatic heterocycles. The number of unbranched alkanes of at least 4 members (excludes halogenated alkanes) is 26. The summed E-state index contributed by atoms with van der Waals surface area (Å²) in [5.74, 6) is -2.41. The van der Waals surface area contributed by atoms with Crippen molar-refractivity contribution in [3.8, 4) is 0 Å². The standard InChI is InChI=1S/2C25H46N.C14H10O5S/c2*1-4-5-6-7-8-9-10-11-12-13-14-15-16-20-23-26(2,3)24-25-21-18-17-19-22-25;15-13(16)9-5-1-3-7-11(9)20(19)12-8-4-2-6-10(12)14(17)18/h2*17-19,21-22H,4-16,20,23-24H2,1-3H3;1-8H,(H,15,16)(H,17,18)/q2*+1;. The molecule has 4 aromatic rings. The minimum atomic E-state index is -1.87. The summed E-state index contributed by atoms with van der Waals surface area (Å²) in [6.07, 6.45) is 40.4. The monoisotopic (exact) mass is 1010 g/mol. The highest BCUT2D eigenvalue weighted by Crippen LogP contribution is 2.24. The normalized spacial score (nSPS) is 11.4. The summed E-state index contributed by atoms with van der Waals surface area (Å²) in [6.45, 7) is 9.49. The van der Waals surface area contributed by atoms with Gasteiger partial charge in [-0.3, -0.25) is 0 Å². The van der Waals surface area contributed by atoms with Crippen LogP contribution >= 0.6 is 0 Å². The Morgan fingerprint density at radius 1 is 0.361 bits per heavy atom. The molecule has 0 spiro atoms. The minimum Gasteiger partial charge on any atom is -0.478 e. The smallest absolute Gasteiger partial charge is 0.336 e. The number of carbonyl (C=O) groups is 2. The van der Waals surface area contributed by atoms with E-state index in [1.807, 2.05) is 0 Å². The van der Waals surface area contributed by atoms with Crippen LogP contribution in [0.5, 0.6) is 0 Å². The Morgan fingerprint density at radius 2 is 0.597 bits per heavy atom. The van der Waals surface area contributed by atoms with Crippen molar-refractivity contribution in [1.29, 1.82) is 0 Å². The van der Waals surface area contributed by atoms with Crippen LogP contribution < -0.4 is 0 Å². The summed E-state index contributed by atoms with van der Waals surface area (Å²) in [4.78, 5) is 22.4. The zero-order valence-corrected chi connectivity index (χ0v) is 47.3. The van der Waals surface area contributed by atoms with E-state index in [-0.39, 0.29) is 20.9 Å². The predicted molar refractivity (Wildman–Crippen MR) is 306 cm³/mol. The van der Waals surface area contributed by atoms with Gasteiger partial charge in [-0.15, -0.1) is 0 Å². The van der Waals surface area contributed by atoms with Crippen molar-refractivity contribution in [3.05, 3.63) is 131 Å². The summed E-state index contributed by atoms with van der Waals surface area (Å²) in [5, 5.41) is 18.2. The number of quaternary nitrogens is 2. The Bertz CT molecular complexity index is 1840. The van der Waals surface area contributed by atoms with Crippen LogP contribution in [-0.2, 0) is 23.9 Å². The van der Waals surface area contributed by atoms with Crippen LogP contribution in [-0.4, -0.2) is 76.6 Å². The molecule has 8 heteroatoms. The zero-order valence-electron chi connectivity index (χ0n) is 46.4. The predicted octanol–water partition coefficient (Wildman–Crippen LogP) is 17.7. The van der Waals surface area contributed by atoms with Gasteiger partial charge in [-0.05, 0) is 49.9 Å². The summed E-state index contributed by atoms with van der Waals surface area (Å²) >= 11 is 0. The number of aromatic carboxylic acids is 2. The molecule has 0 fully saturated rings.